The van der Waals surface area contributed by atoms with E-state index in [-0.39, 0.29) is 0 Å². The number of benzene rings is 1. The van der Waals surface area contributed by atoms with E-state index < -0.39 is 0 Å². The van der Waals surface area contributed by atoms with E-state index in [1.54, 1.807) is 0 Å². The fourth-order valence-electron chi connectivity index (χ4n) is 3.66. The van der Waals surface area contributed by atoms with Crippen molar-refractivity contribution >= 4 is 11.4 Å². The van der Waals surface area contributed by atoms with Crippen LogP contribution in [0.2, 0.25) is 0 Å². The highest BCUT2D eigenvalue weighted by atomic mass is 15.1. The summed E-state index contributed by atoms with van der Waals surface area (Å²) >= 11 is 0. The molecule has 2 saturated heterocycles. The van der Waals surface area contributed by atoms with Gasteiger partial charge in [0.2, 0.25) is 0 Å². The van der Waals surface area contributed by atoms with Gasteiger partial charge < -0.3 is 15.5 Å². The zero-order chi connectivity index (χ0) is 14.5. The van der Waals surface area contributed by atoms with Crippen molar-refractivity contribution in [3.63, 3.8) is 0 Å². The summed E-state index contributed by atoms with van der Waals surface area (Å²) in [7, 11) is 0. The van der Waals surface area contributed by atoms with Crippen LogP contribution < -0.4 is 15.5 Å². The average Bonchev–Trinajstić information content (AvgIpc) is 3.02. The number of hydrogen-bond acceptors (Lipinski definition) is 3. The van der Waals surface area contributed by atoms with Crippen LogP contribution >= 0.6 is 0 Å². The second kappa shape index (κ2) is 7.17. The maximum absolute atomic E-state index is 3.69. The lowest BCUT2D eigenvalue weighted by Crippen LogP contribution is -2.37. The Hall–Kier alpha value is -1.22. The van der Waals surface area contributed by atoms with Crippen molar-refractivity contribution in [3.05, 3.63) is 24.3 Å². The second-order valence-electron chi connectivity index (χ2n) is 6.67. The summed E-state index contributed by atoms with van der Waals surface area (Å²) in [5.41, 5.74) is 2.64. The lowest BCUT2D eigenvalue weighted by atomic mass is 9.98. The Morgan fingerprint density at radius 3 is 2.86 bits per heavy atom. The molecule has 1 aromatic rings. The molecule has 116 valence electrons. The fraction of sp³-hybridized carbons (Fsp3) is 0.667. The lowest BCUT2D eigenvalue weighted by Gasteiger charge is -2.27. The van der Waals surface area contributed by atoms with Crippen molar-refractivity contribution in [2.75, 3.05) is 29.9 Å². The smallest absolute Gasteiger partial charge is 0.0386 e. The van der Waals surface area contributed by atoms with Crippen molar-refractivity contribution in [2.45, 2.75) is 57.5 Å². The summed E-state index contributed by atoms with van der Waals surface area (Å²) in [4.78, 5) is 2.50. The number of piperidine rings is 1. The third-order valence-corrected chi connectivity index (χ3v) is 4.78. The van der Waals surface area contributed by atoms with Gasteiger partial charge in [0.15, 0.2) is 0 Å². The number of hydrogen-bond donors (Lipinski definition) is 2. The van der Waals surface area contributed by atoms with Gasteiger partial charge in [0.25, 0.3) is 0 Å². The standard InChI is InChI=1S/C18H29N3/c1-15(13-16-7-2-3-10-19-16)20-17-8-6-9-18(14-17)21-11-4-5-12-21/h6,8-9,14-16,19-20H,2-5,7,10-13H2,1H3. The molecule has 0 aliphatic carbocycles. The molecule has 3 rings (SSSR count). The molecule has 0 spiro atoms. The minimum Gasteiger partial charge on any atom is -0.382 e. The van der Waals surface area contributed by atoms with Crippen molar-refractivity contribution in [1.82, 2.24) is 5.32 Å². The Morgan fingerprint density at radius 2 is 2.10 bits per heavy atom. The molecule has 3 nitrogen and oxygen atoms in total. The minimum absolute atomic E-state index is 0.523. The molecule has 3 heteroatoms. The van der Waals surface area contributed by atoms with Crippen LogP contribution in [0.5, 0.6) is 0 Å². The molecule has 0 bridgehead atoms. The van der Waals surface area contributed by atoms with Gasteiger partial charge in [-0.1, -0.05) is 12.5 Å². The van der Waals surface area contributed by atoms with Crippen LogP contribution in [0.1, 0.15) is 45.4 Å². The third-order valence-electron chi connectivity index (χ3n) is 4.78. The van der Waals surface area contributed by atoms with Gasteiger partial charge >= 0.3 is 0 Å². The highest BCUT2D eigenvalue weighted by Gasteiger charge is 2.16. The summed E-state index contributed by atoms with van der Waals surface area (Å²) in [6.07, 6.45) is 7.95. The number of nitrogens with one attached hydrogen (secondary N) is 2. The van der Waals surface area contributed by atoms with Crippen LogP contribution in [-0.2, 0) is 0 Å². The summed E-state index contributed by atoms with van der Waals surface area (Å²) in [6.45, 7) is 5.93. The van der Waals surface area contributed by atoms with Gasteiger partial charge in [-0.3, -0.25) is 0 Å². The van der Waals surface area contributed by atoms with Crippen LogP contribution in [-0.4, -0.2) is 31.7 Å². The Labute approximate surface area is 129 Å². The molecular weight excluding hydrogens is 258 g/mol. The van der Waals surface area contributed by atoms with Gasteiger partial charge in [-0.2, -0.15) is 0 Å². The molecule has 2 N–H and O–H groups in total. The highest BCUT2D eigenvalue weighted by molar-refractivity contribution is 5.58. The van der Waals surface area contributed by atoms with E-state index in [0.717, 1.165) is 0 Å². The summed E-state index contributed by atoms with van der Waals surface area (Å²) in [5, 5.41) is 7.33. The van der Waals surface area contributed by atoms with Crippen LogP contribution in [0, 0.1) is 0 Å². The Balaban J connectivity index is 1.54. The quantitative estimate of drug-likeness (QED) is 0.866. The number of rotatable bonds is 5. The largest absolute Gasteiger partial charge is 0.382 e. The first-order chi connectivity index (χ1) is 10.3. The maximum Gasteiger partial charge on any atom is 0.0386 e. The van der Waals surface area contributed by atoms with Crippen LogP contribution in [0.4, 0.5) is 11.4 Å². The molecule has 0 amide bonds. The molecule has 2 atom stereocenters. The van der Waals surface area contributed by atoms with Gasteiger partial charge in [-0.15, -0.1) is 0 Å². The van der Waals surface area contributed by atoms with E-state index in [1.807, 2.05) is 0 Å². The van der Waals surface area contributed by atoms with E-state index in [4.69, 9.17) is 0 Å². The van der Waals surface area contributed by atoms with E-state index in [2.05, 4.69) is 46.7 Å². The molecule has 2 aliphatic heterocycles. The van der Waals surface area contributed by atoms with E-state index in [9.17, 15) is 0 Å². The average molecular weight is 287 g/mol. The first-order valence-electron chi connectivity index (χ1n) is 8.66. The molecule has 1 aromatic carbocycles. The van der Waals surface area contributed by atoms with E-state index >= 15 is 0 Å². The Bertz CT molecular complexity index is 434. The molecule has 2 unspecified atom stereocenters. The molecule has 2 aliphatic rings. The molecule has 2 fully saturated rings. The number of anilines is 2. The second-order valence-corrected chi connectivity index (χ2v) is 6.67. The Morgan fingerprint density at radius 1 is 1.24 bits per heavy atom. The predicted octanol–water partition coefficient (Wildman–Crippen LogP) is 3.62. The maximum atomic E-state index is 3.69. The monoisotopic (exact) mass is 287 g/mol. The van der Waals surface area contributed by atoms with Crippen LogP contribution in [0.25, 0.3) is 0 Å². The minimum atomic E-state index is 0.523. The fourth-order valence-corrected chi connectivity index (χ4v) is 3.66. The first kappa shape index (κ1) is 14.7. The van der Waals surface area contributed by atoms with Crippen molar-refractivity contribution < 1.29 is 0 Å². The summed E-state index contributed by atoms with van der Waals surface area (Å²) in [5.74, 6) is 0. The number of nitrogens with zero attached hydrogens (tertiary/aromatic N) is 1. The summed E-state index contributed by atoms with van der Waals surface area (Å²) < 4.78 is 0. The molecule has 0 radical (unpaired) electrons. The van der Waals surface area contributed by atoms with E-state index in [0.29, 0.717) is 12.1 Å². The van der Waals surface area contributed by atoms with Gasteiger partial charge in [-0.05, 0) is 63.8 Å². The van der Waals surface area contributed by atoms with Crippen molar-refractivity contribution in [1.29, 1.82) is 0 Å². The lowest BCUT2D eigenvalue weighted by molar-refractivity contribution is 0.371. The zero-order valence-electron chi connectivity index (χ0n) is 13.3. The molecule has 2 heterocycles. The van der Waals surface area contributed by atoms with Gasteiger partial charge in [-0.25, -0.2) is 0 Å². The normalized spacial score (nSPS) is 24.0. The Kier molecular flexibility index (Phi) is 5.02. The van der Waals surface area contributed by atoms with Gasteiger partial charge in [0.05, 0.1) is 0 Å². The molecular formula is C18H29N3. The first-order valence-corrected chi connectivity index (χ1v) is 8.66. The third kappa shape index (κ3) is 4.13. The van der Waals surface area contributed by atoms with Gasteiger partial charge in [0, 0.05) is 36.5 Å². The van der Waals surface area contributed by atoms with Crippen molar-refractivity contribution in [2.24, 2.45) is 0 Å². The van der Waals surface area contributed by atoms with Gasteiger partial charge in [0.1, 0.15) is 0 Å². The predicted molar refractivity (Wildman–Crippen MR) is 91.2 cm³/mol. The zero-order valence-corrected chi connectivity index (χ0v) is 13.3. The van der Waals surface area contributed by atoms with Crippen molar-refractivity contribution in [3.8, 4) is 0 Å². The topological polar surface area (TPSA) is 27.3 Å². The SMILES string of the molecule is CC(CC1CCCCN1)Nc1cccc(N2CCCC2)c1. The summed E-state index contributed by atoms with van der Waals surface area (Å²) in [6, 6.07) is 10.2. The molecule has 0 aromatic heterocycles. The van der Waals surface area contributed by atoms with Crippen LogP contribution in [0.3, 0.4) is 0 Å². The van der Waals surface area contributed by atoms with Crippen LogP contribution in [0.15, 0.2) is 24.3 Å². The molecule has 0 saturated carbocycles. The van der Waals surface area contributed by atoms with E-state index in [1.165, 1.54) is 69.5 Å². The molecule has 21 heavy (non-hydrogen) atoms. The highest BCUT2D eigenvalue weighted by Crippen LogP contribution is 2.24.